The first kappa shape index (κ1) is 17.4. The van der Waals surface area contributed by atoms with Crippen molar-refractivity contribution in [3.05, 3.63) is 29.8 Å². The predicted octanol–water partition coefficient (Wildman–Crippen LogP) is 2.58. The van der Waals surface area contributed by atoms with E-state index in [0.717, 1.165) is 5.56 Å². The van der Waals surface area contributed by atoms with Crippen molar-refractivity contribution in [2.75, 3.05) is 19.5 Å². The van der Waals surface area contributed by atoms with Crippen LogP contribution < -0.4 is 0 Å². The molecule has 0 radical (unpaired) electrons. The molecule has 1 rings (SSSR count). The van der Waals surface area contributed by atoms with E-state index in [1.165, 1.54) is 6.26 Å². The molecule has 0 unspecified atom stereocenters. The molecule has 0 fully saturated rings. The van der Waals surface area contributed by atoms with E-state index < -0.39 is 16.0 Å². The van der Waals surface area contributed by atoms with Crippen molar-refractivity contribution in [1.29, 1.82) is 0 Å². The summed E-state index contributed by atoms with van der Waals surface area (Å²) in [6.07, 6.45) is 0.630. The Morgan fingerprint density at radius 2 is 1.58 bits per heavy atom. The van der Waals surface area contributed by atoms with Crippen LogP contribution in [0.2, 0.25) is 0 Å². The van der Waals surface area contributed by atoms with Gasteiger partial charge in [-0.25, -0.2) is 13.2 Å². The lowest BCUT2D eigenvalue weighted by Crippen LogP contribution is -2.05. The highest BCUT2D eigenvalue weighted by atomic mass is 32.2. The van der Waals surface area contributed by atoms with Crippen LogP contribution in [0.4, 0.5) is 4.79 Å². The van der Waals surface area contributed by atoms with Gasteiger partial charge in [-0.15, -0.1) is 0 Å². The smallest absolute Gasteiger partial charge is 0.435 e. The predicted molar refractivity (Wildman–Crippen MR) is 72.9 cm³/mol. The van der Waals surface area contributed by atoms with Gasteiger partial charge in [0.05, 0.1) is 18.1 Å². The molecule has 0 aliphatic heterocycles. The van der Waals surface area contributed by atoms with E-state index in [4.69, 9.17) is 0 Å². The Morgan fingerprint density at radius 3 is 1.89 bits per heavy atom. The molecule has 0 aliphatic carbocycles. The zero-order valence-electron chi connectivity index (χ0n) is 11.7. The summed E-state index contributed by atoms with van der Waals surface area (Å²) >= 11 is 0. The van der Waals surface area contributed by atoms with E-state index in [-0.39, 0.29) is 0 Å². The van der Waals surface area contributed by atoms with Gasteiger partial charge in [0.15, 0.2) is 9.84 Å². The Bertz CT molecular complexity index is 486. The van der Waals surface area contributed by atoms with Crippen LogP contribution in [0.1, 0.15) is 19.4 Å². The second kappa shape index (κ2) is 8.53. The van der Waals surface area contributed by atoms with Crippen molar-refractivity contribution in [3.63, 3.8) is 0 Å². The Hall–Kier alpha value is -1.56. The number of hydrogen-bond acceptors (Lipinski definition) is 5. The highest BCUT2D eigenvalue weighted by Crippen LogP contribution is 2.12. The summed E-state index contributed by atoms with van der Waals surface area (Å²) in [4.78, 5) is 10.6. The molecule has 0 saturated heterocycles. The third-order valence-corrected chi connectivity index (χ3v) is 3.27. The van der Waals surface area contributed by atoms with Crippen LogP contribution in [0.15, 0.2) is 29.2 Å². The Kier molecular flexibility index (Phi) is 7.83. The van der Waals surface area contributed by atoms with E-state index in [2.05, 4.69) is 9.47 Å². The number of hydrogen-bond donors (Lipinski definition) is 0. The van der Waals surface area contributed by atoms with Crippen molar-refractivity contribution in [2.24, 2.45) is 0 Å². The van der Waals surface area contributed by atoms with Crippen LogP contribution in [0.3, 0.4) is 0 Å². The molecule has 0 aliphatic rings. The minimum atomic E-state index is -3.03. The van der Waals surface area contributed by atoms with Gasteiger partial charge in [0.25, 0.3) is 0 Å². The zero-order chi connectivity index (χ0) is 14.9. The van der Waals surface area contributed by atoms with Gasteiger partial charge in [-0.2, -0.15) is 0 Å². The third-order valence-electron chi connectivity index (χ3n) is 2.02. The Labute approximate surface area is 114 Å². The summed E-state index contributed by atoms with van der Waals surface area (Å²) in [5.41, 5.74) is 0.801. The molecule has 0 heterocycles. The van der Waals surface area contributed by atoms with Gasteiger partial charge in [0.2, 0.25) is 0 Å². The first-order valence-corrected chi connectivity index (χ1v) is 7.77. The van der Waals surface area contributed by atoms with E-state index in [0.29, 0.717) is 18.1 Å². The first-order valence-electron chi connectivity index (χ1n) is 5.88. The second-order valence-electron chi connectivity index (χ2n) is 3.65. The van der Waals surface area contributed by atoms with Crippen molar-refractivity contribution < 1.29 is 22.7 Å². The molecule has 0 amide bonds. The molecule has 0 bridgehead atoms. The van der Waals surface area contributed by atoms with Crippen molar-refractivity contribution in [1.82, 2.24) is 0 Å². The maximum Gasteiger partial charge on any atom is 0.508 e. The van der Waals surface area contributed by atoms with Crippen LogP contribution in [0.5, 0.6) is 0 Å². The van der Waals surface area contributed by atoms with Crippen LogP contribution in [-0.2, 0) is 19.3 Å². The SMILES string of the molecule is CCOC(=O)OCC.Cc1ccccc1S(C)(=O)=O. The fourth-order valence-corrected chi connectivity index (χ4v) is 2.23. The quantitative estimate of drug-likeness (QED) is 0.799. The first-order chi connectivity index (χ1) is 8.82. The lowest BCUT2D eigenvalue weighted by atomic mass is 10.2. The number of aryl methyl sites for hydroxylation is 1. The van der Waals surface area contributed by atoms with E-state index in [1.54, 1.807) is 39.0 Å². The van der Waals surface area contributed by atoms with Crippen molar-refractivity contribution >= 4 is 16.0 Å². The van der Waals surface area contributed by atoms with E-state index in [9.17, 15) is 13.2 Å². The van der Waals surface area contributed by atoms with Gasteiger partial charge in [0, 0.05) is 6.26 Å². The molecule has 1 aromatic carbocycles. The minimum absolute atomic E-state index is 0.374. The van der Waals surface area contributed by atoms with Crippen LogP contribution in [0.25, 0.3) is 0 Å². The average molecular weight is 288 g/mol. The fraction of sp³-hybridized carbons (Fsp3) is 0.462. The summed E-state index contributed by atoms with van der Waals surface area (Å²) in [6.45, 7) is 6.00. The Morgan fingerprint density at radius 1 is 1.11 bits per heavy atom. The lowest BCUT2D eigenvalue weighted by Gasteiger charge is -2.00. The molecule has 0 aromatic heterocycles. The monoisotopic (exact) mass is 288 g/mol. The molecule has 0 N–H and O–H groups in total. The zero-order valence-corrected chi connectivity index (χ0v) is 12.5. The van der Waals surface area contributed by atoms with Gasteiger partial charge in [0.1, 0.15) is 0 Å². The van der Waals surface area contributed by atoms with Gasteiger partial charge in [-0.05, 0) is 32.4 Å². The van der Waals surface area contributed by atoms with Gasteiger partial charge < -0.3 is 9.47 Å². The summed E-state index contributed by atoms with van der Waals surface area (Å²) in [5, 5.41) is 0. The molecular weight excluding hydrogens is 268 g/mol. The number of carbonyl (C=O) groups excluding carboxylic acids is 1. The molecule has 108 valence electrons. The molecular formula is C13H20O5S. The summed E-state index contributed by atoms with van der Waals surface area (Å²) in [5.74, 6) is 0. The number of sulfone groups is 1. The standard InChI is InChI=1S/C8H10O2S.C5H10O3/c1-7-5-3-4-6-8(7)11(2,9)10;1-3-7-5(6)8-4-2/h3-6H,1-2H3;3-4H2,1-2H3. The number of ether oxygens (including phenoxy) is 2. The fourth-order valence-electron chi connectivity index (χ4n) is 1.25. The normalized spacial score (nSPS) is 10.1. The molecule has 0 spiro atoms. The van der Waals surface area contributed by atoms with Crippen molar-refractivity contribution in [3.8, 4) is 0 Å². The third kappa shape index (κ3) is 7.46. The molecule has 0 atom stereocenters. The van der Waals surface area contributed by atoms with Crippen LogP contribution >= 0.6 is 0 Å². The van der Waals surface area contributed by atoms with Crippen LogP contribution in [0, 0.1) is 6.92 Å². The van der Waals surface area contributed by atoms with E-state index >= 15 is 0 Å². The topological polar surface area (TPSA) is 69.7 Å². The van der Waals surface area contributed by atoms with Crippen LogP contribution in [-0.4, -0.2) is 34.0 Å². The molecule has 19 heavy (non-hydrogen) atoms. The molecule has 0 saturated carbocycles. The Balaban J connectivity index is 0.000000362. The maximum atomic E-state index is 11.1. The molecule has 1 aromatic rings. The summed E-state index contributed by atoms with van der Waals surface area (Å²) in [6, 6.07) is 6.95. The maximum absolute atomic E-state index is 11.1. The lowest BCUT2D eigenvalue weighted by molar-refractivity contribution is 0.0630. The largest absolute Gasteiger partial charge is 0.508 e. The number of benzene rings is 1. The van der Waals surface area contributed by atoms with Gasteiger partial charge in [-0.1, -0.05) is 18.2 Å². The highest BCUT2D eigenvalue weighted by molar-refractivity contribution is 7.90. The highest BCUT2D eigenvalue weighted by Gasteiger charge is 2.07. The summed E-state index contributed by atoms with van der Waals surface area (Å²) < 4.78 is 30.9. The van der Waals surface area contributed by atoms with Crippen molar-refractivity contribution in [2.45, 2.75) is 25.7 Å². The average Bonchev–Trinajstić information content (AvgIpc) is 2.29. The second-order valence-corrected chi connectivity index (χ2v) is 5.64. The number of carbonyl (C=O) groups is 1. The molecule has 6 heteroatoms. The van der Waals surface area contributed by atoms with Gasteiger partial charge in [-0.3, -0.25) is 0 Å². The van der Waals surface area contributed by atoms with Gasteiger partial charge >= 0.3 is 6.16 Å². The molecule has 5 nitrogen and oxygen atoms in total. The summed E-state index contributed by atoms with van der Waals surface area (Å²) in [7, 11) is -3.03. The number of rotatable bonds is 3. The van der Waals surface area contributed by atoms with E-state index in [1.807, 2.05) is 6.07 Å². The minimum Gasteiger partial charge on any atom is -0.435 e.